The van der Waals surface area contributed by atoms with Gasteiger partial charge in [0.1, 0.15) is 0 Å². The van der Waals surface area contributed by atoms with Crippen LogP contribution in [0, 0.1) is 0 Å². The minimum Gasteiger partial charge on any atom is -0.463 e. The van der Waals surface area contributed by atoms with Gasteiger partial charge >= 0.3 is 5.97 Å². The van der Waals surface area contributed by atoms with Gasteiger partial charge < -0.3 is 14.9 Å². The average molecular weight is 377 g/mol. The summed E-state index contributed by atoms with van der Waals surface area (Å²) in [6.45, 7) is 11.4. The Morgan fingerprint density at radius 2 is 1.08 bits per heavy atom. The van der Waals surface area contributed by atoms with Crippen LogP contribution in [0.2, 0.25) is 0 Å². The topological polar surface area (TPSA) is 66.8 Å². The first-order valence-electron chi connectivity index (χ1n) is 10.8. The summed E-state index contributed by atoms with van der Waals surface area (Å²) >= 11 is 0. The Morgan fingerprint density at radius 1 is 0.769 bits per heavy atom. The van der Waals surface area contributed by atoms with Crippen LogP contribution in [0.1, 0.15) is 119 Å². The second-order valence-corrected chi connectivity index (χ2v) is 7.23. The zero-order valence-corrected chi connectivity index (χ0v) is 18.6. The fraction of sp³-hybridized carbons (Fsp3) is 0.955. The van der Waals surface area contributed by atoms with Crippen molar-refractivity contribution in [3.8, 4) is 0 Å². The SMILES string of the molecule is CC(C)O.CCCCCCCCCCCCCC(=O)OC(C)C.CCO. The summed E-state index contributed by atoms with van der Waals surface area (Å²) in [5.41, 5.74) is 0. The van der Waals surface area contributed by atoms with Crippen molar-refractivity contribution in [1.29, 1.82) is 0 Å². The normalized spacial score (nSPS) is 10.1. The molecule has 0 aliphatic rings. The fourth-order valence-electron chi connectivity index (χ4n) is 2.26. The molecule has 4 nitrogen and oxygen atoms in total. The maximum Gasteiger partial charge on any atom is 0.306 e. The first-order chi connectivity index (χ1) is 12.3. The van der Waals surface area contributed by atoms with E-state index in [2.05, 4.69) is 6.92 Å². The molecule has 0 spiro atoms. The van der Waals surface area contributed by atoms with E-state index in [0.717, 1.165) is 6.42 Å². The van der Waals surface area contributed by atoms with Crippen LogP contribution in [0.5, 0.6) is 0 Å². The molecule has 4 heteroatoms. The van der Waals surface area contributed by atoms with Crippen LogP contribution in [0.4, 0.5) is 0 Å². The summed E-state index contributed by atoms with van der Waals surface area (Å²) in [6, 6.07) is 0. The van der Waals surface area contributed by atoms with Crippen molar-refractivity contribution >= 4 is 5.97 Å². The smallest absolute Gasteiger partial charge is 0.306 e. The van der Waals surface area contributed by atoms with Crippen molar-refractivity contribution in [2.45, 2.75) is 131 Å². The van der Waals surface area contributed by atoms with Crippen molar-refractivity contribution in [2.24, 2.45) is 0 Å². The molecule has 0 atom stereocenters. The number of carbonyl (C=O) groups excluding carboxylic acids is 1. The van der Waals surface area contributed by atoms with Gasteiger partial charge in [0.05, 0.1) is 6.10 Å². The predicted molar refractivity (Wildman–Crippen MR) is 112 cm³/mol. The molecule has 0 aromatic carbocycles. The Morgan fingerprint density at radius 3 is 1.38 bits per heavy atom. The van der Waals surface area contributed by atoms with Crippen molar-refractivity contribution in [1.82, 2.24) is 0 Å². The van der Waals surface area contributed by atoms with E-state index in [-0.39, 0.29) is 24.8 Å². The molecule has 2 N–H and O–H groups in total. The second-order valence-electron chi connectivity index (χ2n) is 7.23. The van der Waals surface area contributed by atoms with E-state index in [1.807, 2.05) is 13.8 Å². The molecule has 0 aromatic heterocycles. The monoisotopic (exact) mass is 376 g/mol. The minimum atomic E-state index is -0.167. The van der Waals surface area contributed by atoms with Crippen LogP contribution in [0.15, 0.2) is 0 Å². The molecule has 0 bridgehead atoms. The van der Waals surface area contributed by atoms with Gasteiger partial charge in [-0.15, -0.1) is 0 Å². The molecule has 0 rings (SSSR count). The van der Waals surface area contributed by atoms with E-state index >= 15 is 0 Å². The third-order valence-corrected chi connectivity index (χ3v) is 3.35. The van der Waals surface area contributed by atoms with Crippen molar-refractivity contribution in [2.75, 3.05) is 6.61 Å². The van der Waals surface area contributed by atoms with E-state index < -0.39 is 0 Å². The van der Waals surface area contributed by atoms with Crippen LogP contribution in [0.3, 0.4) is 0 Å². The van der Waals surface area contributed by atoms with Crippen LogP contribution >= 0.6 is 0 Å². The van der Waals surface area contributed by atoms with Crippen molar-refractivity contribution in [3.05, 3.63) is 0 Å². The molecule has 26 heavy (non-hydrogen) atoms. The molecule has 160 valence electrons. The number of aliphatic hydroxyl groups excluding tert-OH is 2. The molecule has 0 amide bonds. The highest BCUT2D eigenvalue weighted by Crippen LogP contribution is 2.12. The van der Waals surface area contributed by atoms with E-state index in [1.165, 1.54) is 64.2 Å². The Bertz CT molecular complexity index is 250. The number of esters is 1. The third-order valence-electron chi connectivity index (χ3n) is 3.35. The van der Waals surface area contributed by atoms with Gasteiger partial charge in [-0.2, -0.15) is 0 Å². The Labute approximate surface area is 163 Å². The number of unbranched alkanes of at least 4 members (excludes halogenated alkanes) is 10. The summed E-state index contributed by atoms with van der Waals surface area (Å²) in [6.07, 6.45) is 14.9. The van der Waals surface area contributed by atoms with E-state index in [1.54, 1.807) is 20.8 Å². The molecule has 0 aliphatic carbocycles. The molecule has 0 aromatic rings. The number of ether oxygens (including phenoxy) is 1. The number of hydrogen-bond donors (Lipinski definition) is 2. The number of rotatable bonds is 13. The Hall–Kier alpha value is -0.610. The third kappa shape index (κ3) is 43.6. The first kappa shape index (κ1) is 30.1. The number of aliphatic hydroxyl groups is 2. The lowest BCUT2D eigenvalue weighted by Gasteiger charge is -2.07. The van der Waals surface area contributed by atoms with Crippen molar-refractivity contribution < 1.29 is 19.7 Å². The zero-order chi connectivity index (χ0) is 20.6. The van der Waals surface area contributed by atoms with Crippen LogP contribution in [-0.2, 0) is 9.53 Å². The Kier molecular flexibility index (Phi) is 30.8. The van der Waals surface area contributed by atoms with Gasteiger partial charge in [-0.3, -0.25) is 4.79 Å². The molecular weight excluding hydrogens is 328 g/mol. The van der Waals surface area contributed by atoms with Gasteiger partial charge in [0, 0.05) is 19.1 Å². The van der Waals surface area contributed by atoms with Crippen LogP contribution in [0.25, 0.3) is 0 Å². The van der Waals surface area contributed by atoms with Gasteiger partial charge in [0.2, 0.25) is 0 Å². The molecule has 0 heterocycles. The second kappa shape index (κ2) is 26.6. The van der Waals surface area contributed by atoms with Crippen LogP contribution < -0.4 is 0 Å². The molecule has 0 unspecified atom stereocenters. The maximum atomic E-state index is 11.3. The molecular formula is C22H48O4. The van der Waals surface area contributed by atoms with Gasteiger partial charge in [-0.1, -0.05) is 71.1 Å². The largest absolute Gasteiger partial charge is 0.463 e. The Balaban J connectivity index is -0.000000643. The minimum absolute atomic E-state index is 0.0280. The molecule has 0 aliphatic heterocycles. The summed E-state index contributed by atoms with van der Waals surface area (Å²) in [5, 5.41) is 15.6. The van der Waals surface area contributed by atoms with Gasteiger partial charge in [-0.25, -0.2) is 0 Å². The average Bonchev–Trinajstić information content (AvgIpc) is 2.52. The van der Waals surface area contributed by atoms with E-state index in [4.69, 9.17) is 14.9 Å². The fourth-order valence-corrected chi connectivity index (χ4v) is 2.26. The summed E-state index contributed by atoms with van der Waals surface area (Å²) < 4.78 is 5.10. The lowest BCUT2D eigenvalue weighted by molar-refractivity contribution is -0.147. The lowest BCUT2D eigenvalue weighted by Crippen LogP contribution is -2.10. The first-order valence-corrected chi connectivity index (χ1v) is 10.8. The predicted octanol–water partition coefficient (Wildman–Crippen LogP) is 6.02. The zero-order valence-electron chi connectivity index (χ0n) is 18.6. The summed E-state index contributed by atoms with van der Waals surface area (Å²) in [7, 11) is 0. The number of carbonyl (C=O) groups is 1. The summed E-state index contributed by atoms with van der Waals surface area (Å²) in [5.74, 6) is -0.0362. The molecule has 0 saturated heterocycles. The van der Waals surface area contributed by atoms with E-state index in [9.17, 15) is 4.79 Å². The van der Waals surface area contributed by atoms with E-state index in [0.29, 0.717) is 6.42 Å². The van der Waals surface area contributed by atoms with Crippen LogP contribution in [-0.4, -0.2) is 35.0 Å². The highest BCUT2D eigenvalue weighted by molar-refractivity contribution is 5.69. The summed E-state index contributed by atoms with van der Waals surface area (Å²) in [4.78, 5) is 11.3. The lowest BCUT2D eigenvalue weighted by atomic mass is 10.1. The quantitative estimate of drug-likeness (QED) is 0.304. The standard InChI is InChI=1S/C17H34O2.C3H8O.C2H6O/c1-4-5-6-7-8-9-10-11-12-13-14-15-17(18)19-16(2)3;1-3(2)4;1-2-3/h16H,4-15H2,1-3H3;3-4H,1-2H3;3H,2H2,1H3. The molecule has 0 fully saturated rings. The van der Waals surface area contributed by atoms with Gasteiger partial charge in [0.25, 0.3) is 0 Å². The molecule has 0 radical (unpaired) electrons. The highest BCUT2D eigenvalue weighted by Gasteiger charge is 2.04. The maximum absolute atomic E-state index is 11.3. The van der Waals surface area contributed by atoms with Gasteiger partial charge in [-0.05, 0) is 41.0 Å². The van der Waals surface area contributed by atoms with Crippen molar-refractivity contribution in [3.63, 3.8) is 0 Å². The molecule has 0 saturated carbocycles. The highest BCUT2D eigenvalue weighted by atomic mass is 16.5. The van der Waals surface area contributed by atoms with Gasteiger partial charge in [0.15, 0.2) is 0 Å². The number of hydrogen-bond acceptors (Lipinski definition) is 4.